The summed E-state index contributed by atoms with van der Waals surface area (Å²) in [6.07, 6.45) is 3.67. The number of hydrogen-bond acceptors (Lipinski definition) is 4. The first-order valence-electron chi connectivity index (χ1n) is 5.97. The van der Waals surface area contributed by atoms with E-state index in [2.05, 4.69) is 4.98 Å². The first kappa shape index (κ1) is 12.9. The zero-order valence-electron chi connectivity index (χ0n) is 10.3. The summed E-state index contributed by atoms with van der Waals surface area (Å²) < 4.78 is 7.17. The van der Waals surface area contributed by atoms with Gasteiger partial charge in [0.2, 0.25) is 0 Å². The molecule has 0 aliphatic rings. The third kappa shape index (κ3) is 2.05. The number of halogens is 2. The fourth-order valence-electron chi connectivity index (χ4n) is 2.19. The highest BCUT2D eigenvalue weighted by Gasteiger charge is 2.14. The lowest BCUT2D eigenvalue weighted by Gasteiger charge is -2.02. The highest BCUT2D eigenvalue weighted by Crippen LogP contribution is 2.29. The number of benzene rings is 1. The van der Waals surface area contributed by atoms with Gasteiger partial charge in [0.1, 0.15) is 0 Å². The molecule has 7 heteroatoms. The second-order valence-corrected chi connectivity index (χ2v) is 6.19. The molecule has 3 heterocycles. The Hall–Kier alpha value is -1.82. The van der Waals surface area contributed by atoms with Gasteiger partial charge in [-0.1, -0.05) is 23.2 Å². The van der Waals surface area contributed by atoms with E-state index in [1.165, 1.54) is 11.3 Å². The Morgan fingerprint density at radius 3 is 2.90 bits per heavy atom. The number of rotatable bonds is 1. The maximum atomic E-state index is 12.2. The average molecular weight is 337 g/mol. The van der Waals surface area contributed by atoms with Gasteiger partial charge in [0, 0.05) is 28.2 Å². The van der Waals surface area contributed by atoms with Crippen LogP contribution in [-0.4, -0.2) is 9.38 Å². The smallest absolute Gasteiger partial charge is 0.345 e. The molecule has 0 saturated carbocycles. The lowest BCUT2D eigenvalue weighted by molar-refractivity contribution is 0.563. The molecule has 0 amide bonds. The van der Waals surface area contributed by atoms with Crippen LogP contribution in [0, 0.1) is 0 Å². The van der Waals surface area contributed by atoms with E-state index < -0.39 is 5.63 Å². The van der Waals surface area contributed by atoms with E-state index >= 15 is 0 Å². The molecule has 0 saturated heterocycles. The minimum atomic E-state index is -0.475. The predicted octanol–water partition coefficient (Wildman–Crippen LogP) is 4.48. The van der Waals surface area contributed by atoms with Crippen LogP contribution >= 0.6 is 34.5 Å². The van der Waals surface area contributed by atoms with Crippen LogP contribution in [0.4, 0.5) is 0 Å². The number of hydrogen-bond donors (Lipinski definition) is 0. The summed E-state index contributed by atoms with van der Waals surface area (Å²) in [5.74, 6) is 0. The standard InChI is InChI=1S/C14H6Cl2N2O2S/c15-8-3-7-4-9(13(19)20-12(7)10(16)5-8)11-6-18-1-2-21-14(18)17-11/h1-6H. The van der Waals surface area contributed by atoms with E-state index in [4.69, 9.17) is 27.6 Å². The summed E-state index contributed by atoms with van der Waals surface area (Å²) in [4.78, 5) is 17.4. The Labute approximate surface area is 132 Å². The monoisotopic (exact) mass is 336 g/mol. The molecule has 4 rings (SSSR count). The van der Waals surface area contributed by atoms with Crippen molar-refractivity contribution in [1.82, 2.24) is 9.38 Å². The van der Waals surface area contributed by atoms with Gasteiger partial charge in [0.05, 0.1) is 16.3 Å². The molecular formula is C14H6Cl2N2O2S. The molecule has 3 aromatic heterocycles. The molecule has 0 bridgehead atoms. The Kier molecular flexibility index (Phi) is 2.82. The molecule has 4 aromatic rings. The van der Waals surface area contributed by atoms with Crippen molar-refractivity contribution in [3.05, 3.63) is 56.4 Å². The molecule has 104 valence electrons. The molecule has 0 aliphatic carbocycles. The van der Waals surface area contributed by atoms with Crippen LogP contribution in [0.5, 0.6) is 0 Å². The summed E-state index contributed by atoms with van der Waals surface area (Å²) in [6.45, 7) is 0. The first-order valence-corrected chi connectivity index (χ1v) is 7.61. The molecule has 0 fully saturated rings. The maximum absolute atomic E-state index is 12.2. The number of aromatic nitrogens is 2. The van der Waals surface area contributed by atoms with E-state index in [9.17, 15) is 4.79 Å². The Morgan fingerprint density at radius 2 is 2.10 bits per heavy atom. The molecule has 0 atom stereocenters. The zero-order valence-corrected chi connectivity index (χ0v) is 12.7. The van der Waals surface area contributed by atoms with E-state index in [0.717, 1.165) is 4.96 Å². The number of imidazole rings is 1. The Balaban J connectivity index is 2.02. The Morgan fingerprint density at radius 1 is 1.24 bits per heavy atom. The predicted molar refractivity (Wildman–Crippen MR) is 84.6 cm³/mol. The third-order valence-electron chi connectivity index (χ3n) is 3.12. The molecule has 21 heavy (non-hydrogen) atoms. The van der Waals surface area contributed by atoms with E-state index in [1.807, 2.05) is 16.0 Å². The van der Waals surface area contributed by atoms with Crippen molar-refractivity contribution in [1.29, 1.82) is 0 Å². The summed E-state index contributed by atoms with van der Waals surface area (Å²) in [5, 5.41) is 3.39. The van der Waals surface area contributed by atoms with Gasteiger partial charge < -0.3 is 4.42 Å². The molecule has 0 unspecified atom stereocenters. The SMILES string of the molecule is O=c1oc2c(Cl)cc(Cl)cc2cc1-c1cn2ccsc2n1. The van der Waals surface area contributed by atoms with Crippen LogP contribution in [0.1, 0.15) is 0 Å². The van der Waals surface area contributed by atoms with Crippen LogP contribution in [0.25, 0.3) is 27.2 Å². The van der Waals surface area contributed by atoms with Gasteiger partial charge in [-0.2, -0.15) is 0 Å². The van der Waals surface area contributed by atoms with Gasteiger partial charge in [-0.05, 0) is 18.2 Å². The highest BCUT2D eigenvalue weighted by molar-refractivity contribution is 7.15. The van der Waals surface area contributed by atoms with Crippen LogP contribution in [0.15, 0.2) is 45.2 Å². The van der Waals surface area contributed by atoms with Crippen molar-refractivity contribution in [3.8, 4) is 11.3 Å². The summed E-state index contributed by atoms with van der Waals surface area (Å²) in [7, 11) is 0. The normalized spacial score (nSPS) is 11.5. The zero-order chi connectivity index (χ0) is 14.6. The van der Waals surface area contributed by atoms with Crippen molar-refractivity contribution >= 4 is 50.5 Å². The van der Waals surface area contributed by atoms with E-state index in [1.54, 1.807) is 24.4 Å². The largest absolute Gasteiger partial charge is 0.421 e. The molecule has 0 aliphatic heterocycles. The van der Waals surface area contributed by atoms with Crippen LogP contribution in [0.2, 0.25) is 10.0 Å². The van der Waals surface area contributed by atoms with Gasteiger partial charge in [0.15, 0.2) is 10.5 Å². The summed E-state index contributed by atoms with van der Waals surface area (Å²) >= 11 is 13.5. The van der Waals surface area contributed by atoms with Crippen LogP contribution < -0.4 is 5.63 Å². The molecule has 0 spiro atoms. The lowest BCUT2D eigenvalue weighted by Crippen LogP contribution is -2.03. The van der Waals surface area contributed by atoms with Gasteiger partial charge in [-0.25, -0.2) is 9.78 Å². The number of fused-ring (bicyclic) bond motifs is 2. The fraction of sp³-hybridized carbons (Fsp3) is 0. The number of thiazole rings is 1. The fourth-order valence-corrected chi connectivity index (χ4v) is 3.44. The second kappa shape index (κ2) is 4.59. The highest BCUT2D eigenvalue weighted by atomic mass is 35.5. The minimum Gasteiger partial charge on any atom is -0.421 e. The molecule has 1 aromatic carbocycles. The quantitative estimate of drug-likeness (QED) is 0.481. The number of nitrogens with zero attached hydrogens (tertiary/aromatic N) is 2. The van der Waals surface area contributed by atoms with Crippen LogP contribution in [0.3, 0.4) is 0 Å². The van der Waals surface area contributed by atoms with Gasteiger partial charge in [-0.3, -0.25) is 4.40 Å². The van der Waals surface area contributed by atoms with E-state index in [0.29, 0.717) is 32.3 Å². The van der Waals surface area contributed by atoms with Gasteiger partial charge >= 0.3 is 5.63 Å². The topological polar surface area (TPSA) is 47.5 Å². The second-order valence-electron chi connectivity index (χ2n) is 4.47. The van der Waals surface area contributed by atoms with Crippen molar-refractivity contribution in [2.24, 2.45) is 0 Å². The lowest BCUT2D eigenvalue weighted by atomic mass is 10.1. The molecule has 0 N–H and O–H groups in total. The van der Waals surface area contributed by atoms with Crippen molar-refractivity contribution in [2.75, 3.05) is 0 Å². The average Bonchev–Trinajstić information content (AvgIpc) is 2.99. The molecule has 4 nitrogen and oxygen atoms in total. The van der Waals surface area contributed by atoms with Crippen LogP contribution in [-0.2, 0) is 0 Å². The third-order valence-corrected chi connectivity index (χ3v) is 4.39. The van der Waals surface area contributed by atoms with E-state index in [-0.39, 0.29) is 0 Å². The van der Waals surface area contributed by atoms with Crippen molar-refractivity contribution in [2.45, 2.75) is 0 Å². The molecule has 0 radical (unpaired) electrons. The maximum Gasteiger partial charge on any atom is 0.345 e. The van der Waals surface area contributed by atoms with Gasteiger partial charge in [-0.15, -0.1) is 11.3 Å². The Bertz CT molecular complexity index is 1020. The molecular weight excluding hydrogens is 331 g/mol. The minimum absolute atomic E-state index is 0.312. The summed E-state index contributed by atoms with van der Waals surface area (Å²) in [6, 6.07) is 4.94. The van der Waals surface area contributed by atoms with Gasteiger partial charge in [0.25, 0.3) is 0 Å². The summed E-state index contributed by atoms with van der Waals surface area (Å²) in [5.41, 5.74) is 0.804. The van der Waals surface area contributed by atoms with Crippen molar-refractivity contribution < 1.29 is 4.42 Å². The first-order chi connectivity index (χ1) is 10.1. The van der Waals surface area contributed by atoms with Crippen molar-refractivity contribution in [3.63, 3.8) is 0 Å².